The second-order valence-electron chi connectivity index (χ2n) is 5.34. The Hall–Kier alpha value is -2.73. The zero-order chi connectivity index (χ0) is 17.3. The maximum absolute atomic E-state index is 12.7. The highest BCUT2D eigenvalue weighted by molar-refractivity contribution is 9.10. The maximum Gasteiger partial charge on any atom is 0.335 e. The minimum Gasteiger partial charge on any atom is -0.273 e. The Balaban J connectivity index is 1.99. The normalized spacial score (nSPS) is 16.5. The molecular formula is C18H13BrN2O3. The van der Waals surface area contributed by atoms with Gasteiger partial charge in [-0.05, 0) is 42.8 Å². The first-order valence-electron chi connectivity index (χ1n) is 7.19. The molecule has 6 heteroatoms. The Labute approximate surface area is 147 Å². The maximum atomic E-state index is 12.7. The summed E-state index contributed by atoms with van der Waals surface area (Å²) < 4.78 is 0.822. The molecular weight excluding hydrogens is 372 g/mol. The van der Waals surface area contributed by atoms with Gasteiger partial charge in [0.05, 0.1) is 5.69 Å². The zero-order valence-corrected chi connectivity index (χ0v) is 14.3. The predicted molar refractivity (Wildman–Crippen MR) is 94.3 cm³/mol. The number of amides is 4. The van der Waals surface area contributed by atoms with E-state index >= 15 is 0 Å². The van der Waals surface area contributed by atoms with Gasteiger partial charge < -0.3 is 0 Å². The minimum absolute atomic E-state index is 0.0821. The van der Waals surface area contributed by atoms with E-state index in [1.165, 1.54) is 6.08 Å². The number of carbonyl (C=O) groups is 3. The van der Waals surface area contributed by atoms with Gasteiger partial charge >= 0.3 is 6.03 Å². The molecule has 0 bridgehead atoms. The number of halogens is 1. The number of barbiturate groups is 1. The lowest BCUT2D eigenvalue weighted by atomic mass is 10.1. The molecule has 1 fully saturated rings. The van der Waals surface area contributed by atoms with Crippen LogP contribution < -0.4 is 10.2 Å². The van der Waals surface area contributed by atoms with Gasteiger partial charge in [0.1, 0.15) is 5.57 Å². The molecule has 0 atom stereocenters. The first-order valence-corrected chi connectivity index (χ1v) is 7.99. The van der Waals surface area contributed by atoms with E-state index < -0.39 is 17.8 Å². The predicted octanol–water partition coefficient (Wildman–Crippen LogP) is 3.42. The summed E-state index contributed by atoms with van der Waals surface area (Å²) in [6.45, 7) is 1.95. The van der Waals surface area contributed by atoms with Crippen LogP contribution in [0.25, 0.3) is 6.08 Å². The van der Waals surface area contributed by atoms with Crippen LogP contribution in [0.2, 0.25) is 0 Å². The third-order valence-corrected chi connectivity index (χ3v) is 4.10. The van der Waals surface area contributed by atoms with Crippen molar-refractivity contribution in [3.05, 3.63) is 69.7 Å². The van der Waals surface area contributed by atoms with Gasteiger partial charge in [-0.1, -0.05) is 45.8 Å². The van der Waals surface area contributed by atoms with Crippen molar-refractivity contribution in [2.75, 3.05) is 4.90 Å². The molecule has 0 spiro atoms. The minimum atomic E-state index is -0.756. The number of carbonyl (C=O) groups excluding carboxylic acids is 3. The third kappa shape index (κ3) is 3.14. The average molecular weight is 385 g/mol. The number of aryl methyl sites for hydroxylation is 1. The van der Waals surface area contributed by atoms with Crippen LogP contribution in [0.4, 0.5) is 10.5 Å². The Kier molecular flexibility index (Phi) is 4.31. The van der Waals surface area contributed by atoms with Crippen LogP contribution in [0.15, 0.2) is 58.6 Å². The van der Waals surface area contributed by atoms with Crippen molar-refractivity contribution in [3.63, 3.8) is 0 Å². The van der Waals surface area contributed by atoms with Crippen molar-refractivity contribution >= 4 is 45.5 Å². The van der Waals surface area contributed by atoms with Crippen LogP contribution in [0.1, 0.15) is 11.1 Å². The van der Waals surface area contributed by atoms with Gasteiger partial charge in [-0.2, -0.15) is 0 Å². The molecule has 1 aliphatic heterocycles. The van der Waals surface area contributed by atoms with Crippen molar-refractivity contribution in [1.29, 1.82) is 0 Å². The molecule has 0 aromatic heterocycles. The lowest BCUT2D eigenvalue weighted by Gasteiger charge is -2.26. The first-order chi connectivity index (χ1) is 11.5. The molecule has 1 N–H and O–H groups in total. The molecule has 0 radical (unpaired) electrons. The van der Waals surface area contributed by atoms with Crippen molar-refractivity contribution in [1.82, 2.24) is 5.32 Å². The summed E-state index contributed by atoms with van der Waals surface area (Å²) in [5.74, 6) is -1.34. The van der Waals surface area contributed by atoms with Gasteiger partial charge in [-0.25, -0.2) is 9.69 Å². The Morgan fingerprint density at radius 1 is 0.958 bits per heavy atom. The molecule has 0 aliphatic carbocycles. The zero-order valence-electron chi connectivity index (χ0n) is 12.7. The van der Waals surface area contributed by atoms with E-state index in [1.54, 1.807) is 24.3 Å². The molecule has 1 aliphatic rings. The molecule has 0 unspecified atom stereocenters. The Bertz CT molecular complexity index is 855. The van der Waals surface area contributed by atoms with Crippen LogP contribution >= 0.6 is 15.9 Å². The summed E-state index contributed by atoms with van der Waals surface area (Å²) in [5, 5.41) is 2.20. The third-order valence-electron chi connectivity index (χ3n) is 3.57. The summed E-state index contributed by atoms with van der Waals surface area (Å²) in [6.07, 6.45) is 1.48. The highest BCUT2D eigenvalue weighted by Gasteiger charge is 2.36. The second kappa shape index (κ2) is 6.41. The van der Waals surface area contributed by atoms with E-state index in [9.17, 15) is 14.4 Å². The lowest BCUT2D eigenvalue weighted by molar-refractivity contribution is -0.122. The van der Waals surface area contributed by atoms with Gasteiger partial charge in [-0.3, -0.25) is 14.9 Å². The van der Waals surface area contributed by atoms with E-state index in [0.717, 1.165) is 14.9 Å². The molecule has 4 amide bonds. The van der Waals surface area contributed by atoms with Crippen molar-refractivity contribution in [3.8, 4) is 0 Å². The fourth-order valence-corrected chi connectivity index (χ4v) is 2.58. The summed E-state index contributed by atoms with van der Waals surface area (Å²) in [7, 11) is 0. The number of nitrogens with zero attached hydrogens (tertiary/aromatic N) is 1. The van der Waals surface area contributed by atoms with Gasteiger partial charge in [-0.15, -0.1) is 0 Å². The lowest BCUT2D eigenvalue weighted by Crippen LogP contribution is -2.54. The molecule has 0 saturated carbocycles. The summed E-state index contributed by atoms with van der Waals surface area (Å²) in [4.78, 5) is 37.8. The molecule has 1 heterocycles. The van der Waals surface area contributed by atoms with Crippen LogP contribution in [0.3, 0.4) is 0 Å². The first kappa shape index (κ1) is 16.1. The Morgan fingerprint density at radius 3 is 2.21 bits per heavy atom. The largest absolute Gasteiger partial charge is 0.335 e. The van der Waals surface area contributed by atoms with Gasteiger partial charge in [0, 0.05) is 4.47 Å². The summed E-state index contributed by atoms with van der Waals surface area (Å²) >= 11 is 3.30. The van der Waals surface area contributed by atoms with E-state index in [2.05, 4.69) is 21.2 Å². The molecule has 2 aromatic rings. The molecule has 2 aromatic carbocycles. The monoisotopic (exact) mass is 384 g/mol. The van der Waals surface area contributed by atoms with Crippen molar-refractivity contribution < 1.29 is 14.4 Å². The number of imide groups is 2. The SMILES string of the molecule is Cc1ccc(C=C2C(=O)NC(=O)N(c3ccc(Br)cc3)C2=O)cc1. The van der Waals surface area contributed by atoms with E-state index in [4.69, 9.17) is 0 Å². The van der Waals surface area contributed by atoms with Crippen molar-refractivity contribution in [2.45, 2.75) is 6.92 Å². The highest BCUT2D eigenvalue weighted by Crippen LogP contribution is 2.23. The fourth-order valence-electron chi connectivity index (χ4n) is 2.31. The van der Waals surface area contributed by atoms with Gasteiger partial charge in [0.15, 0.2) is 0 Å². The number of urea groups is 1. The quantitative estimate of drug-likeness (QED) is 0.637. The number of hydrogen-bond donors (Lipinski definition) is 1. The second-order valence-corrected chi connectivity index (χ2v) is 6.26. The fraction of sp³-hybridized carbons (Fsp3) is 0.0556. The summed E-state index contributed by atoms with van der Waals surface area (Å²) in [5.41, 5.74) is 2.09. The molecule has 5 nitrogen and oxygen atoms in total. The smallest absolute Gasteiger partial charge is 0.273 e. The molecule has 3 rings (SSSR count). The van der Waals surface area contributed by atoms with Crippen LogP contribution in [-0.2, 0) is 9.59 Å². The van der Waals surface area contributed by atoms with E-state index in [-0.39, 0.29) is 5.57 Å². The standard InChI is InChI=1S/C18H13BrN2O3/c1-11-2-4-12(5-3-11)10-15-16(22)20-18(24)21(17(15)23)14-8-6-13(19)7-9-14/h2-10H,1H3,(H,20,22,24). The van der Waals surface area contributed by atoms with Gasteiger partial charge in [0.25, 0.3) is 11.8 Å². The number of nitrogens with one attached hydrogen (secondary N) is 1. The van der Waals surface area contributed by atoms with Crippen LogP contribution in [0.5, 0.6) is 0 Å². The topological polar surface area (TPSA) is 66.5 Å². The number of rotatable bonds is 2. The van der Waals surface area contributed by atoms with Crippen molar-refractivity contribution in [2.24, 2.45) is 0 Å². The Morgan fingerprint density at radius 2 is 1.58 bits per heavy atom. The van der Waals surface area contributed by atoms with Crippen LogP contribution in [0, 0.1) is 6.92 Å². The molecule has 1 saturated heterocycles. The molecule has 120 valence electrons. The number of anilines is 1. The van der Waals surface area contributed by atoms with E-state index in [1.807, 2.05) is 31.2 Å². The average Bonchev–Trinajstić information content (AvgIpc) is 2.55. The van der Waals surface area contributed by atoms with E-state index in [0.29, 0.717) is 11.3 Å². The number of benzene rings is 2. The highest BCUT2D eigenvalue weighted by atomic mass is 79.9. The number of hydrogen-bond acceptors (Lipinski definition) is 3. The molecule has 24 heavy (non-hydrogen) atoms. The summed E-state index contributed by atoms with van der Waals surface area (Å²) in [6, 6.07) is 13.3. The van der Waals surface area contributed by atoms with Crippen LogP contribution in [-0.4, -0.2) is 17.8 Å². The van der Waals surface area contributed by atoms with Gasteiger partial charge in [0.2, 0.25) is 0 Å².